The van der Waals surface area contributed by atoms with Crippen molar-refractivity contribution < 1.29 is 8.42 Å². The van der Waals surface area contributed by atoms with Crippen molar-refractivity contribution >= 4 is 39.8 Å². The molecule has 7 nitrogen and oxygen atoms in total. The minimum atomic E-state index is -3.16. The number of rotatable bonds is 9. The Morgan fingerprint density at radius 2 is 1.72 bits per heavy atom. The van der Waals surface area contributed by atoms with Gasteiger partial charge in [-0.15, -0.1) is 24.0 Å². The van der Waals surface area contributed by atoms with Crippen LogP contribution in [0.15, 0.2) is 76.9 Å². The molecule has 0 aliphatic heterocycles. The van der Waals surface area contributed by atoms with E-state index in [0.717, 1.165) is 48.7 Å². The minimum Gasteiger partial charge on any atom is -0.357 e. The maximum absolute atomic E-state index is 11.6. The van der Waals surface area contributed by atoms with Crippen molar-refractivity contribution in [3.05, 3.63) is 78.1 Å². The van der Waals surface area contributed by atoms with Crippen molar-refractivity contribution in [3.63, 3.8) is 0 Å². The number of hydrogen-bond acceptors (Lipinski definition) is 4. The zero-order valence-electron chi connectivity index (χ0n) is 18.4. The van der Waals surface area contributed by atoms with Gasteiger partial charge in [-0.25, -0.2) is 13.1 Å². The topological polar surface area (TPSA) is 88.4 Å². The molecule has 0 aliphatic carbocycles. The molecule has 172 valence electrons. The lowest BCUT2D eigenvalue weighted by Gasteiger charge is -2.11. The van der Waals surface area contributed by atoms with Crippen LogP contribution in [0.25, 0.3) is 5.69 Å². The molecule has 3 aromatic rings. The molecule has 0 saturated heterocycles. The maximum Gasteiger partial charge on any atom is 0.191 e. The summed E-state index contributed by atoms with van der Waals surface area (Å²) in [4.78, 5) is 4.96. The van der Waals surface area contributed by atoms with Gasteiger partial charge in [-0.2, -0.15) is 5.10 Å². The summed E-state index contributed by atoms with van der Waals surface area (Å²) in [6.45, 7) is 4.17. The monoisotopic (exact) mass is 567 g/mol. The summed E-state index contributed by atoms with van der Waals surface area (Å²) in [7, 11) is -3.16. The quantitative estimate of drug-likeness (QED) is 0.236. The van der Waals surface area contributed by atoms with Crippen molar-refractivity contribution in [2.75, 3.05) is 25.9 Å². The lowest BCUT2D eigenvalue weighted by molar-refractivity contribution is 0.602. The van der Waals surface area contributed by atoms with Gasteiger partial charge < -0.3 is 10.6 Å². The third-order valence-electron chi connectivity index (χ3n) is 4.73. The highest BCUT2D eigenvalue weighted by Crippen LogP contribution is 2.11. The zero-order chi connectivity index (χ0) is 22.1. The van der Waals surface area contributed by atoms with Crippen LogP contribution < -0.4 is 10.6 Å². The molecule has 0 saturated carbocycles. The van der Waals surface area contributed by atoms with E-state index in [1.54, 1.807) is 12.1 Å². The minimum absolute atomic E-state index is 0. The van der Waals surface area contributed by atoms with Crippen LogP contribution in [0.5, 0.6) is 0 Å². The molecular weight excluding hydrogens is 537 g/mol. The number of aliphatic imine (C=N–C) groups is 1. The average Bonchev–Trinajstić information content (AvgIpc) is 3.23. The van der Waals surface area contributed by atoms with Crippen LogP contribution in [-0.2, 0) is 22.7 Å². The summed E-state index contributed by atoms with van der Waals surface area (Å²) < 4.78 is 25.0. The van der Waals surface area contributed by atoms with E-state index in [1.807, 2.05) is 66.5 Å². The summed E-state index contributed by atoms with van der Waals surface area (Å²) in [6, 6.07) is 17.0. The van der Waals surface area contributed by atoms with Crippen LogP contribution >= 0.6 is 24.0 Å². The van der Waals surface area contributed by atoms with E-state index >= 15 is 0 Å². The van der Waals surface area contributed by atoms with E-state index in [4.69, 9.17) is 0 Å². The fourth-order valence-corrected chi connectivity index (χ4v) is 3.71. The molecule has 1 aromatic heterocycles. The van der Waals surface area contributed by atoms with Crippen molar-refractivity contribution in [2.24, 2.45) is 4.99 Å². The fourth-order valence-electron chi connectivity index (χ4n) is 3.08. The normalized spacial score (nSPS) is 11.6. The van der Waals surface area contributed by atoms with E-state index in [-0.39, 0.29) is 24.0 Å². The Morgan fingerprint density at radius 3 is 2.38 bits per heavy atom. The van der Waals surface area contributed by atoms with E-state index in [9.17, 15) is 8.42 Å². The van der Waals surface area contributed by atoms with Crippen LogP contribution in [-0.4, -0.2) is 50.0 Å². The predicted molar refractivity (Wildman–Crippen MR) is 140 cm³/mol. The Balaban J connectivity index is 0.00000363. The molecule has 0 spiro atoms. The molecule has 0 bridgehead atoms. The highest BCUT2D eigenvalue weighted by molar-refractivity contribution is 14.0. The van der Waals surface area contributed by atoms with Gasteiger partial charge >= 0.3 is 0 Å². The Labute approximate surface area is 207 Å². The first-order valence-electron chi connectivity index (χ1n) is 10.4. The fraction of sp³-hybridized carbons (Fsp3) is 0.304. The Hall–Kier alpha value is -2.40. The van der Waals surface area contributed by atoms with Gasteiger partial charge in [0.15, 0.2) is 15.8 Å². The molecule has 0 aliphatic rings. The number of sulfone groups is 1. The Bertz CT molecular complexity index is 1100. The third-order valence-corrected chi connectivity index (χ3v) is 5.86. The largest absolute Gasteiger partial charge is 0.357 e. The van der Waals surface area contributed by atoms with Gasteiger partial charge in [0.05, 0.1) is 16.8 Å². The highest BCUT2D eigenvalue weighted by Gasteiger charge is 2.06. The molecule has 0 unspecified atom stereocenters. The SMILES string of the molecule is CCNC(=NCCc1ccc(S(C)(=O)=O)cc1)NCCc1cnn(-c2ccccc2)c1.I. The van der Waals surface area contributed by atoms with Gasteiger partial charge in [-0.3, -0.25) is 4.99 Å². The molecule has 0 atom stereocenters. The van der Waals surface area contributed by atoms with Crippen molar-refractivity contribution in [1.82, 2.24) is 20.4 Å². The van der Waals surface area contributed by atoms with Gasteiger partial charge in [-0.1, -0.05) is 30.3 Å². The number of guanidine groups is 1. The van der Waals surface area contributed by atoms with E-state index in [1.165, 1.54) is 6.26 Å². The molecule has 0 amide bonds. The number of nitrogens with zero attached hydrogens (tertiary/aromatic N) is 3. The molecule has 32 heavy (non-hydrogen) atoms. The smallest absolute Gasteiger partial charge is 0.191 e. The molecule has 9 heteroatoms. The molecule has 3 rings (SSSR count). The predicted octanol–water partition coefficient (Wildman–Crippen LogP) is 3.23. The average molecular weight is 567 g/mol. The van der Waals surface area contributed by atoms with Crippen LogP contribution in [0.1, 0.15) is 18.1 Å². The zero-order valence-corrected chi connectivity index (χ0v) is 21.5. The molecule has 0 fully saturated rings. The van der Waals surface area contributed by atoms with Crippen LogP contribution in [0.2, 0.25) is 0 Å². The molecule has 0 radical (unpaired) electrons. The van der Waals surface area contributed by atoms with Gasteiger partial charge in [0.1, 0.15) is 0 Å². The van der Waals surface area contributed by atoms with Crippen molar-refractivity contribution in [2.45, 2.75) is 24.7 Å². The summed E-state index contributed by atoms with van der Waals surface area (Å²) in [5.74, 6) is 0.769. The van der Waals surface area contributed by atoms with Gasteiger partial charge in [-0.05, 0) is 55.2 Å². The second-order valence-corrected chi connectivity index (χ2v) is 9.25. The first-order valence-corrected chi connectivity index (χ1v) is 12.2. The van der Waals surface area contributed by atoms with Crippen molar-refractivity contribution in [3.8, 4) is 5.69 Å². The Morgan fingerprint density at radius 1 is 1.00 bits per heavy atom. The number of aromatic nitrogens is 2. The van der Waals surface area contributed by atoms with E-state index in [2.05, 4.69) is 20.7 Å². The van der Waals surface area contributed by atoms with Gasteiger partial charge in [0, 0.05) is 32.1 Å². The number of hydrogen-bond donors (Lipinski definition) is 2. The van der Waals surface area contributed by atoms with E-state index in [0.29, 0.717) is 11.4 Å². The second-order valence-electron chi connectivity index (χ2n) is 7.23. The number of para-hydroxylation sites is 1. The van der Waals surface area contributed by atoms with Crippen LogP contribution in [0.4, 0.5) is 0 Å². The second kappa shape index (κ2) is 12.6. The lowest BCUT2D eigenvalue weighted by atomic mass is 10.1. The number of halogens is 1. The summed E-state index contributed by atoms with van der Waals surface area (Å²) in [5, 5.41) is 11.0. The van der Waals surface area contributed by atoms with E-state index < -0.39 is 9.84 Å². The molecular formula is C23H30IN5O2S. The van der Waals surface area contributed by atoms with Gasteiger partial charge in [0.25, 0.3) is 0 Å². The maximum atomic E-state index is 11.6. The first kappa shape index (κ1) is 25.9. The summed E-state index contributed by atoms with van der Waals surface area (Å²) in [5.41, 5.74) is 3.25. The summed E-state index contributed by atoms with van der Waals surface area (Å²) in [6.07, 6.45) is 6.72. The third kappa shape index (κ3) is 7.94. The summed E-state index contributed by atoms with van der Waals surface area (Å²) >= 11 is 0. The number of nitrogens with one attached hydrogen (secondary N) is 2. The lowest BCUT2D eigenvalue weighted by Crippen LogP contribution is -2.38. The van der Waals surface area contributed by atoms with Crippen LogP contribution in [0.3, 0.4) is 0 Å². The molecule has 2 aromatic carbocycles. The van der Waals surface area contributed by atoms with Gasteiger partial charge in [0.2, 0.25) is 0 Å². The molecule has 1 heterocycles. The Kier molecular flexibility index (Phi) is 10.2. The number of benzene rings is 2. The molecule has 2 N–H and O–H groups in total. The highest BCUT2D eigenvalue weighted by atomic mass is 127. The van der Waals surface area contributed by atoms with Crippen LogP contribution in [0, 0.1) is 0 Å². The first-order chi connectivity index (χ1) is 15.0. The standard InChI is InChI=1S/C23H29N5O2S.HI/c1-3-24-23(25-15-13-19-9-11-22(12-10-19)31(2,29)30)26-16-14-20-17-27-28(18-20)21-7-5-4-6-8-21;/h4-12,17-18H,3,13-16H2,1-2H3,(H2,24,25,26);1H. The van der Waals surface area contributed by atoms with Crippen molar-refractivity contribution in [1.29, 1.82) is 0 Å².